The zero-order chi connectivity index (χ0) is 10.3. The molecular formula is C13H11OS. The van der Waals surface area contributed by atoms with E-state index in [1.807, 2.05) is 17.4 Å². The van der Waals surface area contributed by atoms with Crippen LogP contribution < -0.4 is 0 Å². The third-order valence-electron chi connectivity index (χ3n) is 3.06. The van der Waals surface area contributed by atoms with Gasteiger partial charge in [-0.3, -0.25) is 5.11 Å². The fourth-order valence-corrected chi connectivity index (χ4v) is 3.15. The van der Waals surface area contributed by atoms with Gasteiger partial charge in [-0.1, -0.05) is 12.1 Å². The Morgan fingerprint density at radius 3 is 2.80 bits per heavy atom. The molecule has 1 aliphatic rings. The van der Waals surface area contributed by atoms with Gasteiger partial charge in [0.15, 0.2) is 5.75 Å². The predicted molar refractivity (Wildman–Crippen MR) is 61.0 cm³/mol. The molecule has 1 nitrogen and oxygen atoms in total. The fraction of sp³-hybridized carbons (Fsp3) is 0.231. The number of rotatable bonds is 1. The van der Waals surface area contributed by atoms with Crippen molar-refractivity contribution in [3.63, 3.8) is 0 Å². The lowest BCUT2D eigenvalue weighted by Gasteiger charge is -2.04. The maximum Gasteiger partial charge on any atom is 0.178 e. The van der Waals surface area contributed by atoms with Gasteiger partial charge >= 0.3 is 0 Å². The van der Waals surface area contributed by atoms with Crippen molar-refractivity contribution in [2.45, 2.75) is 18.8 Å². The molecule has 0 N–H and O–H groups in total. The van der Waals surface area contributed by atoms with E-state index < -0.39 is 0 Å². The average molecular weight is 215 g/mol. The Morgan fingerprint density at radius 2 is 2.00 bits per heavy atom. The molecule has 15 heavy (non-hydrogen) atoms. The summed E-state index contributed by atoms with van der Waals surface area (Å²) < 4.78 is 0. The molecule has 0 fully saturated rings. The Hall–Kier alpha value is -1.28. The highest BCUT2D eigenvalue weighted by atomic mass is 32.1. The van der Waals surface area contributed by atoms with E-state index in [1.54, 1.807) is 12.1 Å². The summed E-state index contributed by atoms with van der Waals surface area (Å²) in [6.45, 7) is 0. The van der Waals surface area contributed by atoms with Crippen molar-refractivity contribution in [1.82, 2.24) is 0 Å². The molecule has 1 aromatic carbocycles. The summed E-state index contributed by atoms with van der Waals surface area (Å²) in [4.78, 5) is 1.44. The van der Waals surface area contributed by atoms with Gasteiger partial charge < -0.3 is 0 Å². The quantitative estimate of drug-likeness (QED) is 0.690. The molecule has 1 aromatic heterocycles. The van der Waals surface area contributed by atoms with E-state index in [1.165, 1.54) is 16.0 Å². The fourth-order valence-electron chi connectivity index (χ4n) is 2.32. The molecule has 2 heteroatoms. The number of fused-ring (bicyclic) bond motifs is 1. The summed E-state index contributed by atoms with van der Waals surface area (Å²) in [5, 5.41) is 13.3. The van der Waals surface area contributed by atoms with E-state index in [9.17, 15) is 5.11 Å². The molecule has 0 saturated heterocycles. The van der Waals surface area contributed by atoms with Gasteiger partial charge in [0.05, 0.1) is 0 Å². The van der Waals surface area contributed by atoms with Crippen molar-refractivity contribution in [1.29, 1.82) is 0 Å². The maximum absolute atomic E-state index is 11.2. The zero-order valence-corrected chi connectivity index (χ0v) is 9.09. The van der Waals surface area contributed by atoms with E-state index in [4.69, 9.17) is 0 Å². The molecule has 0 amide bonds. The van der Waals surface area contributed by atoms with Gasteiger partial charge in [0, 0.05) is 10.8 Å². The normalized spacial score (nSPS) is 19.1. The van der Waals surface area contributed by atoms with Crippen molar-refractivity contribution in [2.24, 2.45) is 0 Å². The van der Waals surface area contributed by atoms with Crippen molar-refractivity contribution in [3.8, 4) is 5.75 Å². The lowest BCUT2D eigenvalue weighted by atomic mass is 10.1. The van der Waals surface area contributed by atoms with Crippen LogP contribution in [-0.4, -0.2) is 0 Å². The molecule has 1 unspecified atom stereocenters. The smallest absolute Gasteiger partial charge is 0.178 e. The van der Waals surface area contributed by atoms with Crippen LogP contribution in [0.1, 0.15) is 21.9 Å². The number of hydrogen-bond donors (Lipinski definition) is 0. The molecule has 2 aromatic rings. The Bertz CT molecular complexity index is 473. The van der Waals surface area contributed by atoms with Gasteiger partial charge in [-0.15, -0.1) is 11.3 Å². The van der Waals surface area contributed by atoms with E-state index in [0.29, 0.717) is 5.92 Å². The molecule has 0 bridgehead atoms. The summed E-state index contributed by atoms with van der Waals surface area (Å²) in [7, 11) is 0. The first-order valence-electron chi connectivity index (χ1n) is 5.15. The average Bonchev–Trinajstić information content (AvgIpc) is 2.84. The van der Waals surface area contributed by atoms with Crippen LogP contribution in [0.2, 0.25) is 0 Å². The van der Waals surface area contributed by atoms with E-state index in [-0.39, 0.29) is 5.75 Å². The molecule has 1 radical (unpaired) electrons. The minimum absolute atomic E-state index is 0.139. The first-order chi connectivity index (χ1) is 7.33. The molecule has 0 spiro atoms. The SMILES string of the molecule is [O]c1ccc2c(c1)CC(c1cccs1)C2. The monoisotopic (exact) mass is 215 g/mol. The first-order valence-corrected chi connectivity index (χ1v) is 6.03. The van der Waals surface area contributed by atoms with Crippen molar-refractivity contribution >= 4 is 11.3 Å². The summed E-state index contributed by atoms with van der Waals surface area (Å²) in [6, 6.07) is 9.76. The third-order valence-corrected chi connectivity index (χ3v) is 4.09. The van der Waals surface area contributed by atoms with E-state index in [0.717, 1.165) is 12.8 Å². The second-order valence-electron chi connectivity index (χ2n) is 4.05. The molecule has 0 aliphatic heterocycles. The van der Waals surface area contributed by atoms with Crippen molar-refractivity contribution in [3.05, 3.63) is 51.7 Å². The van der Waals surface area contributed by atoms with E-state index >= 15 is 0 Å². The number of hydrogen-bond acceptors (Lipinski definition) is 1. The van der Waals surface area contributed by atoms with Gasteiger partial charge in [-0.25, -0.2) is 0 Å². The van der Waals surface area contributed by atoms with Crippen LogP contribution in [0.25, 0.3) is 0 Å². The minimum atomic E-state index is 0.139. The van der Waals surface area contributed by atoms with Crippen LogP contribution in [0.5, 0.6) is 5.75 Å². The topological polar surface area (TPSA) is 19.9 Å². The Labute approximate surface area is 93.0 Å². The summed E-state index contributed by atoms with van der Waals surface area (Å²) in [5.41, 5.74) is 2.61. The van der Waals surface area contributed by atoms with Crippen LogP contribution in [0.3, 0.4) is 0 Å². The second-order valence-corrected chi connectivity index (χ2v) is 5.03. The lowest BCUT2D eigenvalue weighted by Crippen LogP contribution is -1.93. The first kappa shape index (κ1) is 8.98. The summed E-state index contributed by atoms with van der Waals surface area (Å²) in [6.07, 6.45) is 2.13. The molecule has 1 heterocycles. The van der Waals surface area contributed by atoms with Gasteiger partial charge in [0.25, 0.3) is 0 Å². The second kappa shape index (κ2) is 3.38. The standard InChI is InChI=1S/C13H11OS/c14-12-4-3-9-6-11(7-10(9)8-12)13-2-1-5-15-13/h1-5,8,11H,6-7H2. The van der Waals surface area contributed by atoms with Crippen molar-refractivity contribution < 1.29 is 5.11 Å². The van der Waals surface area contributed by atoms with Crippen LogP contribution in [-0.2, 0) is 17.9 Å². The Balaban J connectivity index is 1.92. The van der Waals surface area contributed by atoms with E-state index in [2.05, 4.69) is 17.5 Å². The largest absolute Gasteiger partial charge is 0.290 e. The summed E-state index contributed by atoms with van der Waals surface area (Å²) >= 11 is 1.82. The molecular weight excluding hydrogens is 204 g/mol. The number of benzene rings is 1. The minimum Gasteiger partial charge on any atom is -0.290 e. The Kier molecular flexibility index (Phi) is 2.03. The van der Waals surface area contributed by atoms with Gasteiger partial charge in [-0.05, 0) is 47.5 Å². The zero-order valence-electron chi connectivity index (χ0n) is 8.27. The molecule has 1 aliphatic carbocycles. The van der Waals surface area contributed by atoms with Crippen LogP contribution in [0, 0.1) is 0 Å². The highest BCUT2D eigenvalue weighted by Gasteiger charge is 2.23. The number of thiophene rings is 1. The van der Waals surface area contributed by atoms with Gasteiger partial charge in [-0.2, -0.15) is 0 Å². The Morgan fingerprint density at radius 1 is 1.13 bits per heavy atom. The van der Waals surface area contributed by atoms with Crippen LogP contribution in [0.15, 0.2) is 35.7 Å². The predicted octanol–water partition coefficient (Wildman–Crippen LogP) is 3.77. The third kappa shape index (κ3) is 1.55. The van der Waals surface area contributed by atoms with Crippen LogP contribution >= 0.6 is 11.3 Å². The molecule has 75 valence electrons. The molecule has 1 atom stereocenters. The summed E-state index contributed by atoms with van der Waals surface area (Å²) in [5.74, 6) is 0.738. The van der Waals surface area contributed by atoms with Crippen LogP contribution in [0.4, 0.5) is 0 Å². The lowest BCUT2D eigenvalue weighted by molar-refractivity contribution is 0.354. The molecule has 0 saturated carbocycles. The highest BCUT2D eigenvalue weighted by molar-refractivity contribution is 7.10. The maximum atomic E-state index is 11.2. The highest BCUT2D eigenvalue weighted by Crippen LogP contribution is 2.37. The van der Waals surface area contributed by atoms with Gasteiger partial charge in [0.2, 0.25) is 0 Å². The molecule has 3 rings (SSSR count). The van der Waals surface area contributed by atoms with Gasteiger partial charge in [0.1, 0.15) is 0 Å². The van der Waals surface area contributed by atoms with Crippen molar-refractivity contribution in [2.75, 3.05) is 0 Å².